The number of phenols is 1. The maximum Gasteiger partial charge on any atom is 0.410 e. The van der Waals surface area contributed by atoms with Crippen molar-refractivity contribution in [3.8, 4) is 11.5 Å². The van der Waals surface area contributed by atoms with E-state index in [9.17, 15) is 9.90 Å². The van der Waals surface area contributed by atoms with Crippen molar-refractivity contribution in [1.82, 2.24) is 4.90 Å². The Hall–Kier alpha value is -2.25. The summed E-state index contributed by atoms with van der Waals surface area (Å²) in [6.07, 6.45) is 4.15. The van der Waals surface area contributed by atoms with Gasteiger partial charge in [-0.15, -0.1) is 0 Å². The zero-order valence-corrected chi connectivity index (χ0v) is 21.3. The second kappa shape index (κ2) is 9.08. The summed E-state index contributed by atoms with van der Waals surface area (Å²) in [6, 6.07) is 5.25. The van der Waals surface area contributed by atoms with E-state index in [0.717, 1.165) is 18.4 Å². The van der Waals surface area contributed by atoms with E-state index in [1.807, 2.05) is 26.8 Å². The number of fused-ring (bicyclic) bond motifs is 3. The number of phenolic OH excluding ortho intramolecular Hbond substituents is 1. The van der Waals surface area contributed by atoms with Crippen LogP contribution >= 0.6 is 0 Å². The van der Waals surface area contributed by atoms with E-state index < -0.39 is 16.8 Å². The molecule has 0 saturated carbocycles. The van der Waals surface area contributed by atoms with Gasteiger partial charge in [0, 0.05) is 24.1 Å². The van der Waals surface area contributed by atoms with Gasteiger partial charge >= 0.3 is 6.09 Å². The molecule has 0 aromatic heterocycles. The van der Waals surface area contributed by atoms with Crippen LogP contribution in [0.15, 0.2) is 29.8 Å². The molecule has 1 aromatic carbocycles. The SMILES string of the molecule is CC(C)=CCC[C@]1(C)Oc2cc(O)ccc2[C@H]2OC[C@@]3(C[C@@H]21)CN(C(=O)OC(C)(C)C)CCO3. The lowest BCUT2D eigenvalue weighted by molar-refractivity contribution is -0.231. The van der Waals surface area contributed by atoms with Gasteiger partial charge in [-0.05, 0) is 72.9 Å². The predicted octanol–water partition coefficient (Wildman–Crippen LogP) is 5.37. The molecule has 1 aromatic rings. The molecule has 1 spiro atoms. The summed E-state index contributed by atoms with van der Waals surface area (Å²) in [5.74, 6) is 0.888. The zero-order chi connectivity index (χ0) is 24.7. The number of rotatable bonds is 3. The topological polar surface area (TPSA) is 77.5 Å². The summed E-state index contributed by atoms with van der Waals surface area (Å²) in [7, 11) is 0. The molecule has 4 atom stereocenters. The summed E-state index contributed by atoms with van der Waals surface area (Å²) < 4.78 is 25.1. The Labute approximate surface area is 203 Å². The minimum atomic E-state index is -0.605. The van der Waals surface area contributed by atoms with E-state index in [-0.39, 0.29) is 23.9 Å². The summed E-state index contributed by atoms with van der Waals surface area (Å²) in [5, 5.41) is 10.1. The van der Waals surface area contributed by atoms with Crippen LogP contribution in [0.1, 0.15) is 72.5 Å². The molecule has 3 heterocycles. The maximum atomic E-state index is 12.8. The van der Waals surface area contributed by atoms with Gasteiger partial charge in [0.15, 0.2) is 0 Å². The number of benzene rings is 1. The lowest BCUT2D eigenvalue weighted by atomic mass is 9.69. The van der Waals surface area contributed by atoms with Gasteiger partial charge in [-0.3, -0.25) is 0 Å². The second-order valence-corrected chi connectivity index (χ2v) is 11.4. The molecule has 188 valence electrons. The van der Waals surface area contributed by atoms with Crippen LogP contribution in [0.2, 0.25) is 0 Å². The first kappa shape index (κ1) is 24.9. The first-order chi connectivity index (χ1) is 15.9. The fraction of sp³-hybridized carbons (Fsp3) is 0.667. The molecule has 0 bridgehead atoms. The van der Waals surface area contributed by atoms with Gasteiger partial charge in [0.1, 0.15) is 28.3 Å². The lowest BCUT2D eigenvalue weighted by Gasteiger charge is -2.55. The highest BCUT2D eigenvalue weighted by Crippen LogP contribution is 2.54. The van der Waals surface area contributed by atoms with Gasteiger partial charge in [-0.1, -0.05) is 11.6 Å². The maximum absolute atomic E-state index is 12.8. The second-order valence-electron chi connectivity index (χ2n) is 11.4. The van der Waals surface area contributed by atoms with Gasteiger partial charge in [0.2, 0.25) is 0 Å². The molecule has 0 radical (unpaired) electrons. The minimum Gasteiger partial charge on any atom is -0.508 e. The molecular formula is C27H39NO6. The average Bonchev–Trinajstić information content (AvgIpc) is 2.72. The zero-order valence-electron chi connectivity index (χ0n) is 21.3. The quantitative estimate of drug-likeness (QED) is 0.595. The molecule has 3 aliphatic heterocycles. The molecule has 2 saturated heterocycles. The Kier molecular flexibility index (Phi) is 6.64. The normalized spacial score (nSPS) is 30.7. The number of hydrogen-bond donors (Lipinski definition) is 1. The molecule has 4 rings (SSSR count). The molecule has 3 aliphatic rings. The van der Waals surface area contributed by atoms with Crippen LogP contribution in [0.25, 0.3) is 0 Å². The third-order valence-electron chi connectivity index (χ3n) is 7.01. The van der Waals surface area contributed by atoms with E-state index in [2.05, 4.69) is 26.8 Å². The van der Waals surface area contributed by atoms with Gasteiger partial charge in [-0.25, -0.2) is 4.79 Å². The van der Waals surface area contributed by atoms with Crippen molar-refractivity contribution in [2.45, 2.75) is 83.7 Å². The number of carbonyl (C=O) groups excluding carboxylic acids is 1. The molecule has 2 fully saturated rings. The fourth-order valence-corrected chi connectivity index (χ4v) is 5.36. The summed E-state index contributed by atoms with van der Waals surface area (Å²) in [4.78, 5) is 14.5. The van der Waals surface area contributed by atoms with E-state index in [4.69, 9.17) is 18.9 Å². The number of morpholine rings is 1. The summed E-state index contributed by atoms with van der Waals surface area (Å²) >= 11 is 0. The van der Waals surface area contributed by atoms with Crippen LogP contribution in [0.5, 0.6) is 11.5 Å². The first-order valence-electron chi connectivity index (χ1n) is 12.3. The fourth-order valence-electron chi connectivity index (χ4n) is 5.36. The number of hydrogen-bond acceptors (Lipinski definition) is 6. The van der Waals surface area contributed by atoms with Crippen LogP contribution in [0.3, 0.4) is 0 Å². The molecular weight excluding hydrogens is 434 g/mol. The number of ether oxygens (including phenoxy) is 4. The molecule has 0 aliphatic carbocycles. The summed E-state index contributed by atoms with van der Waals surface area (Å²) in [5.41, 5.74) is 0.562. The van der Waals surface area contributed by atoms with Gasteiger partial charge < -0.3 is 29.0 Å². The van der Waals surface area contributed by atoms with Crippen LogP contribution in [-0.2, 0) is 14.2 Å². The molecule has 7 heteroatoms. The molecule has 34 heavy (non-hydrogen) atoms. The third-order valence-corrected chi connectivity index (χ3v) is 7.01. The highest BCUT2D eigenvalue weighted by molar-refractivity contribution is 5.68. The van der Waals surface area contributed by atoms with Gasteiger partial charge in [0.05, 0.1) is 25.9 Å². The van der Waals surface area contributed by atoms with Crippen LogP contribution < -0.4 is 4.74 Å². The van der Waals surface area contributed by atoms with Gasteiger partial charge in [0.25, 0.3) is 0 Å². The van der Waals surface area contributed by atoms with Crippen molar-refractivity contribution < 1.29 is 28.8 Å². The highest BCUT2D eigenvalue weighted by atomic mass is 16.6. The van der Waals surface area contributed by atoms with Crippen molar-refractivity contribution in [2.75, 3.05) is 26.3 Å². The largest absolute Gasteiger partial charge is 0.508 e. The van der Waals surface area contributed by atoms with Crippen LogP contribution in [-0.4, -0.2) is 59.2 Å². The van der Waals surface area contributed by atoms with E-state index in [0.29, 0.717) is 38.5 Å². The monoisotopic (exact) mass is 473 g/mol. The Morgan fingerprint density at radius 3 is 2.79 bits per heavy atom. The molecule has 1 amide bonds. The van der Waals surface area contributed by atoms with E-state index in [1.165, 1.54) is 5.57 Å². The third kappa shape index (κ3) is 5.20. The number of nitrogens with zero attached hydrogens (tertiary/aromatic N) is 1. The van der Waals surface area contributed by atoms with Crippen molar-refractivity contribution in [2.24, 2.45) is 5.92 Å². The molecule has 7 nitrogen and oxygen atoms in total. The van der Waals surface area contributed by atoms with E-state index >= 15 is 0 Å². The Morgan fingerprint density at radius 2 is 2.09 bits per heavy atom. The summed E-state index contributed by atoms with van der Waals surface area (Å²) in [6.45, 7) is 13.7. The van der Waals surface area contributed by atoms with Gasteiger partial charge in [-0.2, -0.15) is 0 Å². The lowest BCUT2D eigenvalue weighted by Crippen LogP contribution is -2.63. The number of aromatic hydroxyl groups is 1. The Balaban J connectivity index is 1.60. The van der Waals surface area contributed by atoms with Crippen LogP contribution in [0.4, 0.5) is 4.79 Å². The van der Waals surface area contributed by atoms with Crippen molar-refractivity contribution in [3.05, 3.63) is 35.4 Å². The van der Waals surface area contributed by atoms with Crippen molar-refractivity contribution in [1.29, 1.82) is 0 Å². The number of allylic oxidation sites excluding steroid dienone is 2. The Morgan fingerprint density at radius 1 is 1.32 bits per heavy atom. The smallest absolute Gasteiger partial charge is 0.410 e. The average molecular weight is 474 g/mol. The molecule has 1 N–H and O–H groups in total. The van der Waals surface area contributed by atoms with Crippen molar-refractivity contribution in [3.63, 3.8) is 0 Å². The molecule has 0 unspecified atom stereocenters. The first-order valence-corrected chi connectivity index (χ1v) is 12.3. The predicted molar refractivity (Wildman–Crippen MR) is 129 cm³/mol. The number of amides is 1. The minimum absolute atomic E-state index is 0.0300. The Bertz CT molecular complexity index is 949. The van der Waals surface area contributed by atoms with Crippen molar-refractivity contribution >= 4 is 6.09 Å². The number of carbonyl (C=O) groups is 1. The van der Waals surface area contributed by atoms with E-state index in [1.54, 1.807) is 17.0 Å². The highest BCUT2D eigenvalue weighted by Gasteiger charge is 2.55. The van der Waals surface area contributed by atoms with Crippen LogP contribution in [0, 0.1) is 5.92 Å². The standard InChI is InChI=1S/C27H39NO6/c1-18(2)8-7-11-26(6)21-15-27(16-28(12-13-32-27)24(30)34-25(3,4)5)17-31-23(21)20-10-9-19(29)14-22(20)33-26/h8-10,14,21,23,29H,7,11-13,15-17H2,1-6H3/t21-,23+,26-,27+/m0/s1.